The Bertz CT molecular complexity index is 892. The number of rotatable bonds is 6. The fraction of sp³-hybridized carbons (Fsp3) is 0.708. The molecule has 0 saturated carbocycles. The molecule has 0 aliphatic carbocycles. The molecule has 4 heterocycles. The minimum Gasteiger partial charge on any atom is -0.476 e. The van der Waals surface area contributed by atoms with Gasteiger partial charge in [0.25, 0.3) is 5.88 Å². The number of carbonyl (C=O) groups is 2. The molecule has 0 amide bonds. The number of hydrogen-bond acceptors (Lipinski definition) is 7. The second kappa shape index (κ2) is 9.66. The Kier molecular flexibility index (Phi) is 7.05. The van der Waals surface area contributed by atoms with Crippen molar-refractivity contribution in [3.05, 3.63) is 22.9 Å². The molecule has 3 aliphatic rings. The molecule has 1 fully saturated rings. The molecular weight excluding hydrogens is 446 g/mol. The van der Waals surface area contributed by atoms with Crippen molar-refractivity contribution in [2.45, 2.75) is 71.6 Å². The maximum atomic E-state index is 12.0. The van der Waals surface area contributed by atoms with Crippen LogP contribution >= 0.6 is 11.6 Å². The Morgan fingerprint density at radius 2 is 1.79 bits per heavy atom. The van der Waals surface area contributed by atoms with E-state index in [1.54, 1.807) is 4.68 Å². The molecule has 0 atom stereocenters. The lowest BCUT2D eigenvalue weighted by atomic mass is 9.75. The van der Waals surface area contributed by atoms with E-state index < -0.39 is 17.7 Å². The maximum absolute atomic E-state index is 12.0. The van der Waals surface area contributed by atoms with Crippen LogP contribution in [0, 0.1) is 11.3 Å². The Morgan fingerprint density at radius 1 is 1.12 bits per heavy atom. The monoisotopic (exact) mass is 479 g/mol. The molecule has 1 aromatic rings. The van der Waals surface area contributed by atoms with Crippen LogP contribution in [0.25, 0.3) is 0 Å². The third-order valence-corrected chi connectivity index (χ3v) is 7.25. The van der Waals surface area contributed by atoms with E-state index in [0.717, 1.165) is 50.5 Å². The summed E-state index contributed by atoms with van der Waals surface area (Å²) in [6, 6.07) is 0. The first-order valence-electron chi connectivity index (χ1n) is 11.9. The molecule has 4 rings (SSSR count). The Hall–Kier alpha value is -2.06. The van der Waals surface area contributed by atoms with Crippen molar-refractivity contribution in [3.8, 4) is 5.88 Å². The fourth-order valence-electron chi connectivity index (χ4n) is 4.99. The van der Waals surface area contributed by atoms with Gasteiger partial charge in [0.2, 0.25) is 0 Å². The van der Waals surface area contributed by atoms with Crippen LogP contribution in [0.5, 0.6) is 5.88 Å². The van der Waals surface area contributed by atoms with Crippen molar-refractivity contribution in [2.24, 2.45) is 11.3 Å². The predicted octanol–water partition coefficient (Wildman–Crippen LogP) is 4.06. The third-order valence-electron chi connectivity index (χ3n) is 6.91. The highest BCUT2D eigenvalue weighted by atomic mass is 35.5. The van der Waals surface area contributed by atoms with Gasteiger partial charge in [0, 0.05) is 25.1 Å². The van der Waals surface area contributed by atoms with Crippen LogP contribution in [0.4, 0.5) is 0 Å². The summed E-state index contributed by atoms with van der Waals surface area (Å²) >= 11 is 6.58. The molecule has 9 heteroatoms. The summed E-state index contributed by atoms with van der Waals surface area (Å²) in [6.45, 7) is 11.5. The standard InChI is InChI=1S/C24H34ClN3O5/c1-23(2,3)17-9-14-27(15-10-17)12-4-5-16-31-22-20(25)21-24(11-6-13-28(21)26-22)32-18(29)7-8-19(30)33-24/h7-8,17H,4-6,9-16H2,1-3H3. The Morgan fingerprint density at radius 3 is 2.42 bits per heavy atom. The SMILES string of the molecule is CC(C)(C)C1CCN(CCCCOc2nn3c(c2Cl)C2(CCC3)OC(=O)C=CC(=O)O2)CC1. The number of hydrogen-bond donors (Lipinski definition) is 0. The van der Waals surface area contributed by atoms with Crippen LogP contribution in [0.15, 0.2) is 12.2 Å². The van der Waals surface area contributed by atoms with Gasteiger partial charge in [-0.15, -0.1) is 5.10 Å². The first-order valence-corrected chi connectivity index (χ1v) is 12.3. The minimum absolute atomic E-state index is 0.224. The second-order valence-corrected chi connectivity index (χ2v) is 10.6. The topological polar surface area (TPSA) is 82.9 Å². The van der Waals surface area contributed by atoms with E-state index in [1.165, 1.54) is 12.8 Å². The highest BCUT2D eigenvalue weighted by Crippen LogP contribution is 2.44. The number of aromatic nitrogens is 2. The molecule has 33 heavy (non-hydrogen) atoms. The van der Waals surface area contributed by atoms with Gasteiger partial charge >= 0.3 is 17.7 Å². The maximum Gasteiger partial charge on any atom is 0.334 e. The number of fused-ring (bicyclic) bond motifs is 2. The molecule has 182 valence electrons. The summed E-state index contributed by atoms with van der Waals surface area (Å²) in [7, 11) is 0. The van der Waals surface area contributed by atoms with Gasteiger partial charge in [0.15, 0.2) is 0 Å². The van der Waals surface area contributed by atoms with Crippen LogP contribution in [-0.4, -0.2) is 52.9 Å². The number of unbranched alkanes of at least 4 members (excludes halogenated alkanes) is 1. The summed E-state index contributed by atoms with van der Waals surface area (Å²) < 4.78 is 18.5. The number of nitrogens with zero attached hydrogens (tertiary/aromatic N) is 3. The Balaban J connectivity index is 1.30. The number of likely N-dealkylation sites (tertiary alicyclic amines) is 1. The van der Waals surface area contributed by atoms with Crippen molar-refractivity contribution < 1.29 is 23.8 Å². The van der Waals surface area contributed by atoms with E-state index in [2.05, 4.69) is 30.8 Å². The quantitative estimate of drug-likeness (QED) is 0.449. The molecule has 1 aromatic heterocycles. The van der Waals surface area contributed by atoms with E-state index in [1.807, 2.05) is 0 Å². The lowest BCUT2D eigenvalue weighted by Gasteiger charge is -2.38. The molecule has 8 nitrogen and oxygen atoms in total. The lowest BCUT2D eigenvalue weighted by molar-refractivity contribution is -0.235. The molecule has 0 unspecified atom stereocenters. The summed E-state index contributed by atoms with van der Waals surface area (Å²) in [4.78, 5) is 26.6. The van der Waals surface area contributed by atoms with Crippen LogP contribution < -0.4 is 4.74 Å². The van der Waals surface area contributed by atoms with Crippen molar-refractivity contribution in [1.29, 1.82) is 0 Å². The summed E-state index contributed by atoms with van der Waals surface area (Å²) in [6.07, 6.45) is 7.52. The van der Waals surface area contributed by atoms with Crippen molar-refractivity contribution in [2.75, 3.05) is 26.2 Å². The van der Waals surface area contributed by atoms with Gasteiger partial charge in [-0.2, -0.15) is 0 Å². The van der Waals surface area contributed by atoms with Crippen molar-refractivity contribution in [3.63, 3.8) is 0 Å². The number of ether oxygens (including phenoxy) is 3. The zero-order valence-corrected chi connectivity index (χ0v) is 20.5. The van der Waals surface area contributed by atoms with Crippen molar-refractivity contribution >= 4 is 23.5 Å². The second-order valence-electron chi connectivity index (χ2n) is 10.3. The van der Waals surface area contributed by atoms with Gasteiger partial charge in [-0.25, -0.2) is 9.59 Å². The molecule has 3 aliphatic heterocycles. The minimum atomic E-state index is -1.57. The van der Waals surface area contributed by atoms with Gasteiger partial charge in [-0.3, -0.25) is 4.68 Å². The fourth-order valence-corrected chi connectivity index (χ4v) is 5.33. The lowest BCUT2D eigenvalue weighted by Crippen LogP contribution is -2.41. The normalized spacial score (nSPS) is 21.5. The Labute approximate surface area is 200 Å². The number of esters is 2. The zero-order chi connectivity index (χ0) is 23.6. The van der Waals surface area contributed by atoms with E-state index in [9.17, 15) is 9.59 Å². The van der Waals surface area contributed by atoms with Gasteiger partial charge in [-0.1, -0.05) is 32.4 Å². The van der Waals surface area contributed by atoms with E-state index >= 15 is 0 Å². The largest absolute Gasteiger partial charge is 0.476 e. The smallest absolute Gasteiger partial charge is 0.334 e. The van der Waals surface area contributed by atoms with Gasteiger partial charge < -0.3 is 19.1 Å². The molecule has 0 radical (unpaired) electrons. The molecule has 0 aromatic carbocycles. The highest BCUT2D eigenvalue weighted by molar-refractivity contribution is 6.32. The molecular formula is C24H34ClN3O5. The van der Waals surface area contributed by atoms with E-state index in [4.69, 9.17) is 25.8 Å². The zero-order valence-electron chi connectivity index (χ0n) is 19.8. The van der Waals surface area contributed by atoms with Crippen molar-refractivity contribution in [1.82, 2.24) is 14.7 Å². The average molecular weight is 480 g/mol. The van der Waals surface area contributed by atoms with Crippen LogP contribution in [-0.2, 0) is 31.4 Å². The van der Waals surface area contributed by atoms with Crippen LogP contribution in [0.2, 0.25) is 5.02 Å². The first-order chi connectivity index (χ1) is 15.7. The van der Waals surface area contributed by atoms with E-state index in [0.29, 0.717) is 37.1 Å². The average Bonchev–Trinajstić information content (AvgIpc) is 3.00. The number of aryl methyl sites for hydroxylation is 1. The summed E-state index contributed by atoms with van der Waals surface area (Å²) in [5.74, 6) is -1.79. The van der Waals surface area contributed by atoms with E-state index in [-0.39, 0.29) is 10.9 Å². The summed E-state index contributed by atoms with van der Waals surface area (Å²) in [5, 5.41) is 4.67. The number of piperidine rings is 1. The van der Waals surface area contributed by atoms with Gasteiger partial charge in [-0.05, 0) is 63.1 Å². The number of halogens is 1. The predicted molar refractivity (Wildman–Crippen MR) is 123 cm³/mol. The molecule has 1 spiro atoms. The molecule has 0 N–H and O–H groups in total. The first kappa shape index (κ1) is 24.1. The molecule has 1 saturated heterocycles. The number of carbonyl (C=O) groups excluding carboxylic acids is 2. The highest BCUT2D eigenvalue weighted by Gasteiger charge is 2.49. The van der Waals surface area contributed by atoms with Crippen LogP contribution in [0.1, 0.15) is 65.0 Å². The molecule has 0 bridgehead atoms. The van der Waals surface area contributed by atoms with Crippen LogP contribution in [0.3, 0.4) is 0 Å². The third kappa shape index (κ3) is 5.38. The van der Waals surface area contributed by atoms with Gasteiger partial charge in [0.1, 0.15) is 10.7 Å². The van der Waals surface area contributed by atoms with Gasteiger partial charge in [0.05, 0.1) is 6.61 Å². The summed E-state index contributed by atoms with van der Waals surface area (Å²) in [5.41, 5.74) is 0.753.